The van der Waals surface area contributed by atoms with Crippen LogP contribution in [0.2, 0.25) is 0 Å². The Morgan fingerprint density at radius 2 is 1.92 bits per heavy atom. The van der Waals surface area contributed by atoms with Crippen LogP contribution in [0.5, 0.6) is 5.88 Å². The molecule has 0 saturated carbocycles. The molecule has 0 atom stereocenters. The predicted octanol–water partition coefficient (Wildman–Crippen LogP) is 3.79. The van der Waals surface area contributed by atoms with Crippen LogP contribution < -0.4 is 4.74 Å². The van der Waals surface area contributed by atoms with E-state index < -0.39 is 17.5 Å². The lowest BCUT2D eigenvalue weighted by Gasteiger charge is -2.04. The van der Waals surface area contributed by atoms with Crippen molar-refractivity contribution in [2.45, 2.75) is 6.61 Å². The van der Waals surface area contributed by atoms with Crippen molar-refractivity contribution in [3.63, 3.8) is 0 Å². The van der Waals surface area contributed by atoms with Crippen molar-refractivity contribution in [2.75, 3.05) is 0 Å². The van der Waals surface area contributed by atoms with E-state index in [1.807, 2.05) is 0 Å². The van der Waals surface area contributed by atoms with Gasteiger partial charge in [-0.15, -0.1) is 0 Å². The van der Waals surface area contributed by atoms with Gasteiger partial charge in [0.25, 0.3) is 0 Å². The molecule has 4 aromatic rings. The largest absolute Gasteiger partial charge is 0.471 e. The van der Waals surface area contributed by atoms with E-state index in [4.69, 9.17) is 4.74 Å². The van der Waals surface area contributed by atoms with E-state index in [0.29, 0.717) is 17.0 Å². The van der Waals surface area contributed by atoms with Crippen molar-refractivity contribution in [3.05, 3.63) is 78.3 Å². The lowest BCUT2D eigenvalue weighted by molar-refractivity contribution is 0.288. The minimum Gasteiger partial charge on any atom is -0.471 e. The monoisotopic (exact) mass is 356 g/mol. The number of rotatable bonds is 4. The number of ether oxygens (including phenoxy) is 1. The third kappa shape index (κ3) is 3.08. The molecule has 4 rings (SSSR count). The molecule has 0 aliphatic carbocycles. The van der Waals surface area contributed by atoms with Gasteiger partial charge in [0.15, 0.2) is 11.6 Å². The first kappa shape index (κ1) is 16.1. The fourth-order valence-corrected chi connectivity index (χ4v) is 2.48. The molecular weight excluding hydrogens is 345 g/mol. The van der Waals surface area contributed by atoms with Gasteiger partial charge in [0, 0.05) is 42.0 Å². The van der Waals surface area contributed by atoms with Gasteiger partial charge >= 0.3 is 0 Å². The number of imidazole rings is 1. The maximum atomic E-state index is 13.9. The highest BCUT2D eigenvalue weighted by molar-refractivity contribution is 5.63. The van der Waals surface area contributed by atoms with Crippen LogP contribution in [-0.2, 0) is 6.61 Å². The van der Waals surface area contributed by atoms with E-state index in [1.54, 1.807) is 16.8 Å². The molecule has 0 saturated heterocycles. The van der Waals surface area contributed by atoms with Crippen LogP contribution in [0.1, 0.15) is 5.69 Å². The molecule has 3 heterocycles. The Balaban J connectivity index is 1.60. The van der Waals surface area contributed by atoms with E-state index in [1.165, 1.54) is 36.7 Å². The third-order valence-corrected chi connectivity index (χ3v) is 3.69. The van der Waals surface area contributed by atoms with Crippen molar-refractivity contribution in [3.8, 4) is 17.0 Å². The number of benzene rings is 1. The number of pyridine rings is 1. The number of halogens is 3. The molecule has 130 valence electrons. The second-order valence-electron chi connectivity index (χ2n) is 5.48. The van der Waals surface area contributed by atoms with Gasteiger partial charge in [0.2, 0.25) is 11.7 Å². The molecule has 8 heteroatoms. The Hall–Kier alpha value is -3.42. The lowest BCUT2D eigenvalue weighted by atomic mass is 10.1. The zero-order valence-electron chi connectivity index (χ0n) is 13.2. The average molecular weight is 356 g/mol. The third-order valence-electron chi connectivity index (χ3n) is 3.69. The van der Waals surface area contributed by atoms with Gasteiger partial charge in [-0.05, 0) is 12.1 Å². The zero-order valence-corrected chi connectivity index (χ0v) is 13.2. The summed E-state index contributed by atoms with van der Waals surface area (Å²) in [6, 6.07) is 6.33. The summed E-state index contributed by atoms with van der Waals surface area (Å²) >= 11 is 0. The lowest BCUT2D eigenvalue weighted by Crippen LogP contribution is -1.97. The molecular formula is C18H11F3N4O. The first-order valence-electron chi connectivity index (χ1n) is 7.62. The van der Waals surface area contributed by atoms with E-state index in [0.717, 1.165) is 6.07 Å². The highest BCUT2D eigenvalue weighted by atomic mass is 19.2. The molecule has 0 bridgehead atoms. The van der Waals surface area contributed by atoms with Gasteiger partial charge < -0.3 is 4.74 Å². The minimum absolute atomic E-state index is 0.0590. The van der Waals surface area contributed by atoms with Crippen molar-refractivity contribution in [2.24, 2.45) is 0 Å². The topological polar surface area (TPSA) is 52.3 Å². The molecule has 0 N–H and O–H groups in total. The van der Waals surface area contributed by atoms with Crippen LogP contribution in [0.3, 0.4) is 0 Å². The highest BCUT2D eigenvalue weighted by Crippen LogP contribution is 2.24. The number of nitrogens with zero attached hydrogens (tertiary/aromatic N) is 4. The zero-order chi connectivity index (χ0) is 18.1. The van der Waals surface area contributed by atoms with Crippen LogP contribution in [0.4, 0.5) is 13.2 Å². The number of fused-ring (bicyclic) bond motifs is 1. The van der Waals surface area contributed by atoms with Gasteiger partial charge in [-0.25, -0.2) is 28.1 Å². The van der Waals surface area contributed by atoms with Crippen molar-refractivity contribution < 1.29 is 17.9 Å². The molecule has 1 aromatic carbocycles. The Labute approximate surface area is 145 Å². The molecule has 5 nitrogen and oxygen atoms in total. The fourth-order valence-electron chi connectivity index (χ4n) is 2.48. The molecule has 0 aliphatic rings. The first-order chi connectivity index (χ1) is 12.6. The molecule has 0 radical (unpaired) electrons. The summed E-state index contributed by atoms with van der Waals surface area (Å²) < 4.78 is 47.4. The molecule has 3 aromatic heterocycles. The standard InChI is InChI=1S/C18H11F3N4O/c19-12-4-5-22-16(6-12)26-10-13-9-25-8-11(7-23-18(25)24-13)14-2-1-3-15(20)17(14)21/h1-9H,10H2. The van der Waals surface area contributed by atoms with E-state index >= 15 is 0 Å². The van der Waals surface area contributed by atoms with E-state index in [9.17, 15) is 13.2 Å². The second kappa shape index (κ2) is 6.47. The minimum atomic E-state index is -0.936. The Kier molecular flexibility index (Phi) is 4.00. The van der Waals surface area contributed by atoms with Crippen LogP contribution in [0.15, 0.2) is 55.1 Å². The van der Waals surface area contributed by atoms with Crippen LogP contribution in [-0.4, -0.2) is 19.4 Å². The van der Waals surface area contributed by atoms with Gasteiger partial charge in [-0.2, -0.15) is 0 Å². The molecule has 26 heavy (non-hydrogen) atoms. The van der Waals surface area contributed by atoms with E-state index in [2.05, 4.69) is 15.0 Å². The quantitative estimate of drug-likeness (QED) is 0.558. The van der Waals surface area contributed by atoms with Crippen molar-refractivity contribution >= 4 is 5.78 Å². The van der Waals surface area contributed by atoms with Crippen molar-refractivity contribution in [1.82, 2.24) is 19.4 Å². The molecule has 0 unspecified atom stereocenters. The van der Waals surface area contributed by atoms with Crippen LogP contribution >= 0.6 is 0 Å². The summed E-state index contributed by atoms with van der Waals surface area (Å²) in [5.74, 6) is -1.80. The molecule has 0 amide bonds. The SMILES string of the molecule is Fc1ccnc(OCc2cn3cc(-c4cccc(F)c4F)cnc3n2)c1. The summed E-state index contributed by atoms with van der Waals surface area (Å²) in [4.78, 5) is 12.3. The molecule has 0 fully saturated rings. The smallest absolute Gasteiger partial charge is 0.234 e. The Morgan fingerprint density at radius 3 is 2.77 bits per heavy atom. The van der Waals surface area contributed by atoms with Crippen LogP contribution in [0.25, 0.3) is 16.9 Å². The van der Waals surface area contributed by atoms with Gasteiger partial charge in [0.05, 0.1) is 5.69 Å². The molecule has 0 spiro atoms. The summed E-state index contributed by atoms with van der Waals surface area (Å²) in [5.41, 5.74) is 1.04. The summed E-state index contributed by atoms with van der Waals surface area (Å²) in [6.45, 7) is 0.0590. The maximum absolute atomic E-state index is 13.9. The number of hydrogen-bond acceptors (Lipinski definition) is 4. The van der Waals surface area contributed by atoms with Gasteiger partial charge in [0.1, 0.15) is 12.4 Å². The fraction of sp³-hybridized carbons (Fsp3) is 0.0556. The van der Waals surface area contributed by atoms with Crippen LogP contribution in [0, 0.1) is 17.5 Å². The number of hydrogen-bond donors (Lipinski definition) is 0. The normalized spacial score (nSPS) is 11.0. The summed E-state index contributed by atoms with van der Waals surface area (Å²) in [7, 11) is 0. The number of aromatic nitrogens is 4. The summed E-state index contributed by atoms with van der Waals surface area (Å²) in [5, 5.41) is 0. The Bertz CT molecular complexity index is 1100. The average Bonchev–Trinajstić information content (AvgIpc) is 3.04. The van der Waals surface area contributed by atoms with Crippen molar-refractivity contribution in [1.29, 1.82) is 0 Å². The van der Waals surface area contributed by atoms with Gasteiger partial charge in [-0.3, -0.25) is 4.40 Å². The van der Waals surface area contributed by atoms with E-state index in [-0.39, 0.29) is 18.1 Å². The summed E-state index contributed by atoms with van der Waals surface area (Å²) in [6.07, 6.45) is 5.95. The highest BCUT2D eigenvalue weighted by Gasteiger charge is 2.12. The maximum Gasteiger partial charge on any atom is 0.234 e. The first-order valence-corrected chi connectivity index (χ1v) is 7.62. The van der Waals surface area contributed by atoms with Gasteiger partial charge in [-0.1, -0.05) is 12.1 Å². The molecule has 0 aliphatic heterocycles. The Morgan fingerprint density at radius 1 is 1.04 bits per heavy atom. The second-order valence-corrected chi connectivity index (χ2v) is 5.48. The predicted molar refractivity (Wildman–Crippen MR) is 86.9 cm³/mol.